The fourth-order valence-electron chi connectivity index (χ4n) is 2.82. The highest BCUT2D eigenvalue weighted by atomic mass is 15.2. The molecule has 4 aromatic rings. The molecule has 2 aromatic heterocycles. The van der Waals surface area contributed by atoms with E-state index in [0.29, 0.717) is 11.6 Å². The number of aromatic nitrogens is 4. The average Bonchev–Trinajstić information content (AvgIpc) is 2.70. The monoisotopic (exact) mass is 368 g/mol. The molecule has 0 bridgehead atoms. The van der Waals surface area contributed by atoms with Crippen LogP contribution in [0.25, 0.3) is 11.3 Å². The minimum absolute atomic E-state index is 0.701. The number of nitrogens with zero attached hydrogens (tertiary/aromatic N) is 4. The summed E-state index contributed by atoms with van der Waals surface area (Å²) in [6.45, 7) is 3.81. The third kappa shape index (κ3) is 4.29. The van der Waals surface area contributed by atoms with Gasteiger partial charge in [0.15, 0.2) is 5.82 Å². The van der Waals surface area contributed by atoms with Crippen LogP contribution >= 0.6 is 0 Å². The molecule has 0 aliphatic heterocycles. The first-order valence-electron chi connectivity index (χ1n) is 9.01. The van der Waals surface area contributed by atoms with Crippen LogP contribution in [0.1, 0.15) is 11.5 Å². The molecule has 2 N–H and O–H groups in total. The molecule has 4 rings (SSSR count). The van der Waals surface area contributed by atoms with Crippen LogP contribution in [-0.4, -0.2) is 20.2 Å². The van der Waals surface area contributed by atoms with Gasteiger partial charge in [-0.15, -0.1) is 5.10 Å². The van der Waals surface area contributed by atoms with Gasteiger partial charge in [-0.2, -0.15) is 5.10 Å². The van der Waals surface area contributed by atoms with E-state index in [1.54, 1.807) is 0 Å². The lowest BCUT2D eigenvalue weighted by molar-refractivity contribution is 0.986. The van der Waals surface area contributed by atoms with Crippen molar-refractivity contribution >= 4 is 23.0 Å². The topological polar surface area (TPSA) is 75.6 Å². The summed E-state index contributed by atoms with van der Waals surface area (Å²) >= 11 is 0. The first kappa shape index (κ1) is 17.6. The summed E-state index contributed by atoms with van der Waals surface area (Å²) in [5.41, 5.74) is 4.66. The lowest BCUT2D eigenvalue weighted by Crippen LogP contribution is -2.00. The smallest absolute Gasteiger partial charge is 0.153 e. The molecule has 28 heavy (non-hydrogen) atoms. The van der Waals surface area contributed by atoms with Gasteiger partial charge in [0, 0.05) is 23.0 Å². The molecule has 0 fully saturated rings. The van der Waals surface area contributed by atoms with Crippen molar-refractivity contribution < 1.29 is 0 Å². The van der Waals surface area contributed by atoms with Gasteiger partial charge in [-0.3, -0.25) is 0 Å². The number of anilines is 4. The lowest BCUT2D eigenvalue weighted by Gasteiger charge is -2.11. The number of hydrogen-bond donors (Lipinski definition) is 2. The second kappa shape index (κ2) is 7.84. The molecule has 0 saturated carbocycles. The lowest BCUT2D eigenvalue weighted by atomic mass is 10.1. The predicted molar refractivity (Wildman–Crippen MR) is 112 cm³/mol. The molecule has 6 nitrogen and oxygen atoms in total. The second-order valence-electron chi connectivity index (χ2n) is 6.44. The summed E-state index contributed by atoms with van der Waals surface area (Å²) in [7, 11) is 0. The maximum atomic E-state index is 4.55. The van der Waals surface area contributed by atoms with Crippen molar-refractivity contribution in [1.29, 1.82) is 0 Å². The SMILES string of the molecule is Cc1ccc(Nc2cccc(Nc3cc(-c4ccccc4)nc(C)n3)c2)nn1. The Morgan fingerprint density at radius 2 is 1.39 bits per heavy atom. The molecular weight excluding hydrogens is 348 g/mol. The minimum Gasteiger partial charge on any atom is -0.340 e. The Balaban J connectivity index is 1.56. The van der Waals surface area contributed by atoms with Crippen molar-refractivity contribution in [2.75, 3.05) is 10.6 Å². The highest BCUT2D eigenvalue weighted by molar-refractivity contribution is 5.68. The van der Waals surface area contributed by atoms with Crippen molar-refractivity contribution in [3.05, 3.63) is 84.3 Å². The molecule has 0 unspecified atom stereocenters. The zero-order valence-electron chi connectivity index (χ0n) is 15.7. The van der Waals surface area contributed by atoms with E-state index in [1.807, 2.05) is 86.6 Å². The molecule has 0 spiro atoms. The van der Waals surface area contributed by atoms with Crippen LogP contribution in [0.15, 0.2) is 72.8 Å². The van der Waals surface area contributed by atoms with Crippen LogP contribution < -0.4 is 10.6 Å². The van der Waals surface area contributed by atoms with Gasteiger partial charge in [-0.25, -0.2) is 9.97 Å². The highest BCUT2D eigenvalue weighted by Gasteiger charge is 2.06. The Hall–Kier alpha value is -3.80. The summed E-state index contributed by atoms with van der Waals surface area (Å²) in [4.78, 5) is 9.06. The Bertz CT molecular complexity index is 1080. The Morgan fingerprint density at radius 3 is 2.11 bits per heavy atom. The number of nitrogens with one attached hydrogen (secondary N) is 2. The number of benzene rings is 2. The normalized spacial score (nSPS) is 10.5. The van der Waals surface area contributed by atoms with Crippen molar-refractivity contribution in [1.82, 2.24) is 20.2 Å². The third-order valence-electron chi connectivity index (χ3n) is 4.11. The van der Waals surface area contributed by atoms with Gasteiger partial charge in [0.05, 0.1) is 11.4 Å². The first-order valence-corrected chi connectivity index (χ1v) is 9.01. The fraction of sp³-hybridized carbons (Fsp3) is 0.0909. The zero-order chi connectivity index (χ0) is 19.3. The van der Waals surface area contributed by atoms with Crippen molar-refractivity contribution in [2.24, 2.45) is 0 Å². The Labute approximate surface area is 163 Å². The molecule has 0 saturated heterocycles. The van der Waals surface area contributed by atoms with Crippen molar-refractivity contribution in [2.45, 2.75) is 13.8 Å². The van der Waals surface area contributed by atoms with Crippen LogP contribution in [0.4, 0.5) is 23.0 Å². The van der Waals surface area contributed by atoms with Gasteiger partial charge in [-0.1, -0.05) is 36.4 Å². The molecule has 0 aliphatic carbocycles. The molecule has 2 heterocycles. The van der Waals surface area contributed by atoms with Gasteiger partial charge < -0.3 is 10.6 Å². The molecule has 0 aliphatic rings. The zero-order valence-corrected chi connectivity index (χ0v) is 15.7. The van der Waals surface area contributed by atoms with E-state index in [-0.39, 0.29) is 0 Å². The van der Waals surface area contributed by atoms with E-state index in [9.17, 15) is 0 Å². The fourth-order valence-corrected chi connectivity index (χ4v) is 2.82. The van der Waals surface area contributed by atoms with Crippen LogP contribution in [0, 0.1) is 13.8 Å². The first-order chi connectivity index (χ1) is 13.7. The third-order valence-corrected chi connectivity index (χ3v) is 4.11. The second-order valence-corrected chi connectivity index (χ2v) is 6.44. The average molecular weight is 368 g/mol. The van der Waals surface area contributed by atoms with E-state index in [2.05, 4.69) is 30.8 Å². The van der Waals surface area contributed by atoms with Crippen LogP contribution in [0.2, 0.25) is 0 Å². The van der Waals surface area contributed by atoms with Crippen molar-refractivity contribution in [3.63, 3.8) is 0 Å². The molecule has 138 valence electrons. The molecule has 0 radical (unpaired) electrons. The summed E-state index contributed by atoms with van der Waals surface area (Å²) in [6, 6.07) is 23.8. The van der Waals surface area contributed by atoms with Crippen LogP contribution in [-0.2, 0) is 0 Å². The van der Waals surface area contributed by atoms with Crippen molar-refractivity contribution in [3.8, 4) is 11.3 Å². The van der Waals surface area contributed by atoms with E-state index >= 15 is 0 Å². The van der Waals surface area contributed by atoms with Gasteiger partial charge in [0.25, 0.3) is 0 Å². The molecule has 0 amide bonds. The van der Waals surface area contributed by atoms with Crippen LogP contribution in [0.3, 0.4) is 0 Å². The maximum Gasteiger partial charge on any atom is 0.153 e. The number of rotatable bonds is 5. The summed E-state index contributed by atoms with van der Waals surface area (Å²) < 4.78 is 0. The van der Waals surface area contributed by atoms with Gasteiger partial charge in [0.2, 0.25) is 0 Å². The van der Waals surface area contributed by atoms with Crippen LogP contribution in [0.5, 0.6) is 0 Å². The Morgan fingerprint density at radius 1 is 0.643 bits per heavy atom. The molecule has 6 heteroatoms. The summed E-state index contributed by atoms with van der Waals surface area (Å²) in [6.07, 6.45) is 0. The largest absolute Gasteiger partial charge is 0.340 e. The van der Waals surface area contributed by atoms with Gasteiger partial charge >= 0.3 is 0 Å². The number of aryl methyl sites for hydroxylation is 2. The number of hydrogen-bond acceptors (Lipinski definition) is 6. The highest BCUT2D eigenvalue weighted by Crippen LogP contribution is 2.24. The van der Waals surface area contributed by atoms with E-state index < -0.39 is 0 Å². The molecular formula is C22H20N6. The maximum absolute atomic E-state index is 4.55. The summed E-state index contributed by atoms with van der Waals surface area (Å²) in [5.74, 6) is 2.17. The van der Waals surface area contributed by atoms with E-state index in [0.717, 1.165) is 34.1 Å². The molecule has 2 aromatic carbocycles. The Kier molecular flexibility index (Phi) is 4.93. The quantitative estimate of drug-likeness (QED) is 0.514. The van der Waals surface area contributed by atoms with Gasteiger partial charge in [-0.05, 0) is 44.2 Å². The van der Waals surface area contributed by atoms with E-state index in [4.69, 9.17) is 0 Å². The summed E-state index contributed by atoms with van der Waals surface area (Å²) in [5, 5.41) is 14.8. The standard InChI is InChI=1S/C22H20N6/c1-15-11-12-21(28-27-15)25-18-9-6-10-19(13-18)26-22-14-20(23-16(2)24-22)17-7-4-3-5-8-17/h3-14H,1-2H3,(H,25,28)(H,23,24,26). The molecule has 0 atom stereocenters. The predicted octanol–water partition coefficient (Wildman–Crippen LogP) is 5.04. The minimum atomic E-state index is 0.701. The van der Waals surface area contributed by atoms with E-state index in [1.165, 1.54) is 0 Å². The van der Waals surface area contributed by atoms with Gasteiger partial charge in [0.1, 0.15) is 11.6 Å².